The van der Waals surface area contributed by atoms with Gasteiger partial charge in [-0.2, -0.15) is 13.2 Å². The van der Waals surface area contributed by atoms with Crippen molar-refractivity contribution in [1.82, 2.24) is 0 Å². The third kappa shape index (κ3) is 2.04. The van der Waals surface area contributed by atoms with Gasteiger partial charge in [0.05, 0.1) is 5.56 Å². The zero-order valence-corrected chi connectivity index (χ0v) is 9.39. The van der Waals surface area contributed by atoms with Gasteiger partial charge in [0.15, 0.2) is 11.5 Å². The average molecular weight is 247 g/mol. The van der Waals surface area contributed by atoms with Gasteiger partial charge in [-0.1, -0.05) is 0 Å². The Morgan fingerprint density at radius 2 is 1.82 bits per heavy atom. The summed E-state index contributed by atoms with van der Waals surface area (Å²) in [6.07, 6.45) is -4.47. The number of halogens is 3. The van der Waals surface area contributed by atoms with Crippen LogP contribution in [0.25, 0.3) is 0 Å². The van der Waals surface area contributed by atoms with Crippen molar-refractivity contribution in [3.63, 3.8) is 0 Å². The molecule has 0 fully saturated rings. The summed E-state index contributed by atoms with van der Waals surface area (Å²) in [6, 6.07) is 2.22. The lowest BCUT2D eigenvalue weighted by Gasteiger charge is -2.25. The van der Waals surface area contributed by atoms with Gasteiger partial charge >= 0.3 is 6.18 Å². The SMILES string of the molecule is CC(C)(N)c1c(C(F)(F)F)ccc2c1OCO2. The minimum absolute atomic E-state index is 0.0694. The van der Waals surface area contributed by atoms with Crippen molar-refractivity contribution in [2.24, 2.45) is 5.73 Å². The Hall–Kier alpha value is -1.43. The Bertz CT molecular complexity index is 449. The zero-order chi connectivity index (χ0) is 12.8. The van der Waals surface area contributed by atoms with E-state index in [1.165, 1.54) is 19.9 Å². The van der Waals surface area contributed by atoms with Crippen molar-refractivity contribution in [2.75, 3.05) is 6.79 Å². The van der Waals surface area contributed by atoms with Crippen LogP contribution in [-0.2, 0) is 11.7 Å². The molecule has 0 saturated carbocycles. The zero-order valence-electron chi connectivity index (χ0n) is 9.39. The Balaban J connectivity index is 2.70. The highest BCUT2D eigenvalue weighted by molar-refractivity contribution is 5.55. The first-order chi connectivity index (χ1) is 7.71. The van der Waals surface area contributed by atoms with E-state index in [0.29, 0.717) is 5.75 Å². The number of rotatable bonds is 1. The molecule has 6 heteroatoms. The van der Waals surface area contributed by atoms with Gasteiger partial charge in [0.25, 0.3) is 0 Å². The molecule has 0 bridgehead atoms. The molecule has 1 aliphatic rings. The number of ether oxygens (including phenoxy) is 2. The first-order valence-corrected chi connectivity index (χ1v) is 5.00. The molecule has 2 rings (SSSR count). The van der Waals surface area contributed by atoms with E-state index >= 15 is 0 Å². The molecule has 0 aliphatic carbocycles. The van der Waals surface area contributed by atoms with Crippen molar-refractivity contribution >= 4 is 0 Å². The van der Waals surface area contributed by atoms with Gasteiger partial charge in [-0.05, 0) is 26.0 Å². The third-order valence-electron chi connectivity index (χ3n) is 2.49. The number of fused-ring (bicyclic) bond motifs is 1. The van der Waals surface area contributed by atoms with Crippen LogP contribution in [-0.4, -0.2) is 6.79 Å². The van der Waals surface area contributed by atoms with E-state index in [1.54, 1.807) is 0 Å². The molecule has 1 aromatic carbocycles. The van der Waals surface area contributed by atoms with Crippen LogP contribution in [0, 0.1) is 0 Å². The highest BCUT2D eigenvalue weighted by Gasteiger charge is 2.40. The third-order valence-corrected chi connectivity index (χ3v) is 2.49. The summed E-state index contributed by atoms with van der Waals surface area (Å²) in [5.74, 6) is 0.388. The van der Waals surface area contributed by atoms with Crippen molar-refractivity contribution < 1.29 is 22.6 Å². The van der Waals surface area contributed by atoms with Crippen molar-refractivity contribution in [3.8, 4) is 11.5 Å². The average Bonchev–Trinajstić information content (AvgIpc) is 2.59. The smallest absolute Gasteiger partial charge is 0.416 e. The number of hydrogen-bond donors (Lipinski definition) is 1. The molecule has 0 unspecified atom stereocenters. The van der Waals surface area contributed by atoms with Gasteiger partial charge < -0.3 is 15.2 Å². The summed E-state index contributed by atoms with van der Waals surface area (Å²) in [6.45, 7) is 2.92. The van der Waals surface area contributed by atoms with E-state index in [9.17, 15) is 13.2 Å². The molecule has 0 aromatic heterocycles. The van der Waals surface area contributed by atoms with Crippen LogP contribution in [0.15, 0.2) is 12.1 Å². The van der Waals surface area contributed by atoms with Gasteiger partial charge in [0.2, 0.25) is 6.79 Å². The Labute approximate surface area is 96.3 Å². The Morgan fingerprint density at radius 3 is 2.35 bits per heavy atom. The molecule has 0 amide bonds. The van der Waals surface area contributed by atoms with Crippen LogP contribution < -0.4 is 15.2 Å². The van der Waals surface area contributed by atoms with Crippen LogP contribution in [0.1, 0.15) is 25.0 Å². The first kappa shape index (κ1) is 12.0. The molecular formula is C11H12F3NO2. The van der Waals surface area contributed by atoms with Crippen LogP contribution in [0.3, 0.4) is 0 Å². The lowest BCUT2D eigenvalue weighted by Crippen LogP contribution is -2.32. The first-order valence-electron chi connectivity index (χ1n) is 5.00. The maximum absolute atomic E-state index is 12.9. The number of nitrogens with two attached hydrogens (primary N) is 1. The largest absolute Gasteiger partial charge is 0.454 e. The second-order valence-electron chi connectivity index (χ2n) is 4.44. The summed E-state index contributed by atoms with van der Waals surface area (Å²) in [5, 5.41) is 0. The second kappa shape index (κ2) is 3.53. The fourth-order valence-corrected chi connectivity index (χ4v) is 1.85. The molecule has 0 atom stereocenters. The van der Waals surface area contributed by atoms with Crippen LogP contribution in [0.4, 0.5) is 13.2 Å². The summed E-state index contributed by atoms with van der Waals surface area (Å²) in [7, 11) is 0. The molecular weight excluding hydrogens is 235 g/mol. The van der Waals surface area contributed by atoms with Gasteiger partial charge in [-0.15, -0.1) is 0 Å². The van der Waals surface area contributed by atoms with Gasteiger partial charge in [-0.3, -0.25) is 0 Å². The molecule has 2 N–H and O–H groups in total. The fraction of sp³-hybridized carbons (Fsp3) is 0.455. The summed E-state index contributed by atoms with van der Waals surface area (Å²) >= 11 is 0. The van der Waals surface area contributed by atoms with Gasteiger partial charge in [-0.25, -0.2) is 0 Å². The summed E-state index contributed by atoms with van der Waals surface area (Å²) in [4.78, 5) is 0. The van der Waals surface area contributed by atoms with Crippen LogP contribution in [0.2, 0.25) is 0 Å². The van der Waals surface area contributed by atoms with E-state index in [-0.39, 0.29) is 18.1 Å². The topological polar surface area (TPSA) is 44.5 Å². The summed E-state index contributed by atoms with van der Waals surface area (Å²) < 4.78 is 48.8. The molecule has 1 heterocycles. The molecule has 17 heavy (non-hydrogen) atoms. The number of alkyl halides is 3. The molecule has 1 aliphatic heterocycles. The lowest BCUT2D eigenvalue weighted by molar-refractivity contribution is -0.138. The monoisotopic (exact) mass is 247 g/mol. The summed E-state index contributed by atoms with van der Waals surface area (Å²) in [5.41, 5.74) is 3.78. The lowest BCUT2D eigenvalue weighted by atomic mass is 9.89. The van der Waals surface area contributed by atoms with Crippen LogP contribution >= 0.6 is 0 Å². The van der Waals surface area contributed by atoms with Crippen LogP contribution in [0.5, 0.6) is 11.5 Å². The maximum atomic E-state index is 12.9. The van der Waals surface area contributed by atoms with Gasteiger partial charge in [0.1, 0.15) is 0 Å². The predicted octanol–water partition coefficient (Wildman–Crippen LogP) is 2.63. The highest BCUT2D eigenvalue weighted by atomic mass is 19.4. The van der Waals surface area contributed by atoms with E-state index in [1.807, 2.05) is 0 Å². The minimum atomic E-state index is -4.47. The highest BCUT2D eigenvalue weighted by Crippen LogP contribution is 2.46. The van der Waals surface area contributed by atoms with E-state index in [4.69, 9.17) is 15.2 Å². The Kier molecular flexibility index (Phi) is 2.50. The molecule has 0 radical (unpaired) electrons. The maximum Gasteiger partial charge on any atom is 0.416 e. The van der Waals surface area contributed by atoms with E-state index < -0.39 is 17.3 Å². The molecule has 0 spiro atoms. The molecule has 0 saturated heterocycles. The quantitative estimate of drug-likeness (QED) is 0.829. The fourth-order valence-electron chi connectivity index (χ4n) is 1.85. The molecule has 1 aromatic rings. The van der Waals surface area contributed by atoms with Crippen molar-refractivity contribution in [3.05, 3.63) is 23.3 Å². The second-order valence-corrected chi connectivity index (χ2v) is 4.44. The van der Waals surface area contributed by atoms with E-state index in [2.05, 4.69) is 0 Å². The van der Waals surface area contributed by atoms with Crippen molar-refractivity contribution in [1.29, 1.82) is 0 Å². The number of hydrogen-bond acceptors (Lipinski definition) is 3. The van der Waals surface area contributed by atoms with Gasteiger partial charge in [0, 0.05) is 11.1 Å². The number of benzene rings is 1. The van der Waals surface area contributed by atoms with Crippen molar-refractivity contribution in [2.45, 2.75) is 25.6 Å². The normalized spacial score (nSPS) is 15.2. The molecule has 3 nitrogen and oxygen atoms in total. The molecule has 94 valence electrons. The Morgan fingerprint density at radius 1 is 1.18 bits per heavy atom. The standard InChI is InChI=1S/C11H12F3NO2/c1-10(2,15)8-6(11(12,13)14)3-4-7-9(8)17-5-16-7/h3-4H,5,15H2,1-2H3. The predicted molar refractivity (Wildman–Crippen MR) is 54.8 cm³/mol. The van der Waals surface area contributed by atoms with E-state index in [0.717, 1.165) is 6.07 Å². The minimum Gasteiger partial charge on any atom is -0.454 e.